The molecule has 0 saturated carbocycles. The Morgan fingerprint density at radius 3 is 1.53 bits per heavy atom. The summed E-state index contributed by atoms with van der Waals surface area (Å²) in [5, 5.41) is 9.52. The third-order valence-electron chi connectivity index (χ3n) is 14.7. The van der Waals surface area contributed by atoms with E-state index in [1.165, 1.54) is 49.0 Å². The van der Waals surface area contributed by atoms with Crippen LogP contribution in [0, 0.1) is 0 Å². The summed E-state index contributed by atoms with van der Waals surface area (Å²) >= 11 is 0. The second-order valence-corrected chi connectivity index (χ2v) is 19.1. The molecule has 14 rings (SSSR count). The molecule has 0 spiro atoms. The van der Waals surface area contributed by atoms with Gasteiger partial charge in [-0.25, -0.2) is 15.0 Å². The van der Waals surface area contributed by atoms with Gasteiger partial charge in [0.25, 0.3) is 0 Å². The van der Waals surface area contributed by atoms with E-state index in [-0.39, 0.29) is 5.92 Å². The molecule has 14 aromatic rings. The highest BCUT2D eigenvalue weighted by Crippen LogP contribution is 2.47. The molecule has 2 aromatic heterocycles. The Morgan fingerprint density at radius 2 is 0.840 bits per heavy atom. The number of rotatable bonds is 10. The minimum atomic E-state index is -0.0746. The van der Waals surface area contributed by atoms with Crippen molar-refractivity contribution < 1.29 is 0 Å². The van der Waals surface area contributed by atoms with E-state index in [4.69, 9.17) is 15.0 Å². The monoisotopic (exact) mass is 957 g/mol. The van der Waals surface area contributed by atoms with Gasteiger partial charge in [0, 0.05) is 61.2 Å². The highest BCUT2D eigenvalue weighted by molar-refractivity contribution is 6.20. The molecule has 1 unspecified atom stereocenters. The molecule has 75 heavy (non-hydrogen) atoms. The zero-order chi connectivity index (χ0) is 49.7. The first-order valence-electron chi connectivity index (χ1n) is 25.5. The van der Waals surface area contributed by atoms with Crippen LogP contribution in [0.5, 0.6) is 0 Å². The van der Waals surface area contributed by atoms with E-state index in [1.54, 1.807) is 0 Å². The molecule has 2 heterocycles. The summed E-state index contributed by atoms with van der Waals surface area (Å²) in [5.41, 5.74) is 13.0. The zero-order valence-corrected chi connectivity index (χ0v) is 40.9. The van der Waals surface area contributed by atoms with Crippen LogP contribution in [0.4, 0.5) is 17.1 Å². The molecule has 5 nitrogen and oxygen atoms in total. The van der Waals surface area contributed by atoms with E-state index in [0.717, 1.165) is 61.2 Å². The SMILES string of the molecule is c1ccc(-c2nc(-c3ccccc3)nc(-c3cccc(-n4c5ccc(N(c6ccccc6)c6cccc7ccccc67)cc5c5cc(C(c6ccccc6)c6cccc7ccccc67)c6ccccc6c54)c3)n2)cc1. The van der Waals surface area contributed by atoms with Crippen LogP contribution in [0.3, 0.4) is 0 Å². The molecule has 12 aromatic carbocycles. The Balaban J connectivity index is 1.06. The molecule has 1 atom stereocenters. The van der Waals surface area contributed by atoms with E-state index in [9.17, 15) is 0 Å². The molecule has 0 aliphatic heterocycles. The quantitative estimate of drug-likeness (QED) is 0.128. The number of fused-ring (bicyclic) bond motifs is 7. The highest BCUT2D eigenvalue weighted by Gasteiger charge is 2.26. The average Bonchev–Trinajstić information content (AvgIpc) is 3.82. The minimum Gasteiger partial charge on any atom is -0.310 e. The fourth-order valence-electron chi connectivity index (χ4n) is 11.3. The van der Waals surface area contributed by atoms with Crippen LogP contribution in [-0.2, 0) is 0 Å². The van der Waals surface area contributed by atoms with Gasteiger partial charge < -0.3 is 9.47 Å². The zero-order valence-electron chi connectivity index (χ0n) is 40.9. The highest BCUT2D eigenvalue weighted by atomic mass is 15.1. The maximum Gasteiger partial charge on any atom is 0.164 e. The summed E-state index contributed by atoms with van der Waals surface area (Å²) in [6, 6.07) is 100. The van der Waals surface area contributed by atoms with Gasteiger partial charge in [0.15, 0.2) is 17.5 Å². The Morgan fingerprint density at radius 1 is 0.320 bits per heavy atom. The Bertz CT molecular complexity index is 4350. The Labute approximate surface area is 434 Å². The lowest BCUT2D eigenvalue weighted by molar-refractivity contribution is 1.00. The summed E-state index contributed by atoms with van der Waals surface area (Å²) in [5.74, 6) is 1.78. The van der Waals surface area contributed by atoms with Crippen LogP contribution in [0.25, 0.3) is 94.0 Å². The van der Waals surface area contributed by atoms with Crippen molar-refractivity contribution in [2.75, 3.05) is 4.90 Å². The van der Waals surface area contributed by atoms with Crippen molar-refractivity contribution in [1.29, 1.82) is 0 Å². The molecule has 0 aliphatic rings. The van der Waals surface area contributed by atoms with Crippen molar-refractivity contribution in [3.8, 4) is 39.9 Å². The van der Waals surface area contributed by atoms with Crippen molar-refractivity contribution in [1.82, 2.24) is 19.5 Å². The van der Waals surface area contributed by atoms with Crippen LogP contribution in [0.1, 0.15) is 22.6 Å². The predicted molar refractivity (Wildman–Crippen MR) is 312 cm³/mol. The van der Waals surface area contributed by atoms with Crippen molar-refractivity contribution >= 4 is 71.2 Å². The topological polar surface area (TPSA) is 46.8 Å². The van der Waals surface area contributed by atoms with Crippen LogP contribution in [-0.4, -0.2) is 19.5 Å². The first-order chi connectivity index (χ1) is 37.2. The number of para-hydroxylation sites is 1. The summed E-state index contributed by atoms with van der Waals surface area (Å²) in [4.78, 5) is 17.8. The molecule has 0 saturated heterocycles. The predicted octanol–water partition coefficient (Wildman–Crippen LogP) is 18.1. The van der Waals surface area contributed by atoms with Crippen molar-refractivity contribution in [3.63, 3.8) is 0 Å². The van der Waals surface area contributed by atoms with E-state index in [2.05, 4.69) is 252 Å². The van der Waals surface area contributed by atoms with Crippen molar-refractivity contribution in [2.45, 2.75) is 5.92 Å². The molecule has 0 fully saturated rings. The van der Waals surface area contributed by atoms with Crippen LogP contribution >= 0.6 is 0 Å². The van der Waals surface area contributed by atoms with Gasteiger partial charge in [0.05, 0.1) is 16.7 Å². The summed E-state index contributed by atoms with van der Waals surface area (Å²) in [6.07, 6.45) is 0. The fraction of sp³-hybridized carbons (Fsp3) is 0.0143. The number of anilines is 3. The molecule has 0 N–H and O–H groups in total. The lowest BCUT2D eigenvalue weighted by Crippen LogP contribution is -2.10. The van der Waals surface area contributed by atoms with Gasteiger partial charge in [-0.1, -0.05) is 224 Å². The van der Waals surface area contributed by atoms with E-state index in [1.807, 2.05) is 36.4 Å². The summed E-state index contributed by atoms with van der Waals surface area (Å²) in [6.45, 7) is 0. The van der Waals surface area contributed by atoms with E-state index < -0.39 is 0 Å². The van der Waals surface area contributed by atoms with Crippen molar-refractivity contribution in [2.24, 2.45) is 0 Å². The first kappa shape index (κ1) is 43.8. The average molecular weight is 958 g/mol. The molecular formula is C70H47N5. The summed E-state index contributed by atoms with van der Waals surface area (Å²) < 4.78 is 2.46. The number of benzene rings is 12. The van der Waals surface area contributed by atoms with Crippen LogP contribution < -0.4 is 4.90 Å². The lowest BCUT2D eigenvalue weighted by atomic mass is 9.80. The van der Waals surface area contributed by atoms with Gasteiger partial charge in [-0.2, -0.15) is 0 Å². The summed E-state index contributed by atoms with van der Waals surface area (Å²) in [7, 11) is 0. The molecule has 0 aliphatic carbocycles. The lowest BCUT2D eigenvalue weighted by Gasteiger charge is -2.27. The number of hydrogen-bond acceptors (Lipinski definition) is 4. The molecule has 0 amide bonds. The third-order valence-corrected chi connectivity index (χ3v) is 14.7. The second kappa shape index (κ2) is 18.6. The van der Waals surface area contributed by atoms with Gasteiger partial charge in [-0.15, -0.1) is 0 Å². The minimum absolute atomic E-state index is 0.0746. The smallest absolute Gasteiger partial charge is 0.164 e. The van der Waals surface area contributed by atoms with Gasteiger partial charge in [0.2, 0.25) is 0 Å². The molecule has 5 heteroatoms. The fourth-order valence-corrected chi connectivity index (χ4v) is 11.3. The van der Waals surface area contributed by atoms with E-state index in [0.29, 0.717) is 17.5 Å². The molecular weight excluding hydrogens is 911 g/mol. The number of aromatic nitrogens is 4. The van der Waals surface area contributed by atoms with E-state index >= 15 is 0 Å². The Hall–Kier alpha value is -9.97. The van der Waals surface area contributed by atoms with Crippen molar-refractivity contribution in [3.05, 3.63) is 296 Å². The first-order valence-corrected chi connectivity index (χ1v) is 25.5. The second-order valence-electron chi connectivity index (χ2n) is 19.1. The maximum atomic E-state index is 5.18. The Kier molecular flexibility index (Phi) is 10.8. The van der Waals surface area contributed by atoms with Crippen LogP contribution in [0.2, 0.25) is 0 Å². The van der Waals surface area contributed by atoms with Gasteiger partial charge >= 0.3 is 0 Å². The standard InChI is InChI=1S/C70H47N5/c1-5-24-49(25-6-1)66(59-40-20-30-47-22-13-15-36-56(47)59)62-46-63-61-45-55(74(53-33-11-4-12-34-53)64-41-21-31-48-23-14-16-37-57(48)64)42-43-65(61)75(67(63)60-39-18-17-38-58(60)62)54-35-19-32-52(44-54)70-72-68(50-26-7-2-8-27-50)71-69(73-70)51-28-9-3-10-29-51/h1-46,66H. The normalized spacial score (nSPS) is 11.9. The largest absolute Gasteiger partial charge is 0.310 e. The number of hydrogen-bond donors (Lipinski definition) is 0. The number of nitrogens with zero attached hydrogens (tertiary/aromatic N) is 5. The maximum absolute atomic E-state index is 5.18. The molecule has 352 valence electrons. The molecule has 0 bridgehead atoms. The molecule has 0 radical (unpaired) electrons. The van der Waals surface area contributed by atoms with Crippen LogP contribution in [0.15, 0.2) is 279 Å². The van der Waals surface area contributed by atoms with Gasteiger partial charge in [-0.3, -0.25) is 0 Å². The third kappa shape index (κ3) is 7.77. The van der Waals surface area contributed by atoms with Gasteiger partial charge in [-0.05, 0) is 92.8 Å². The van der Waals surface area contributed by atoms with Gasteiger partial charge in [0.1, 0.15) is 0 Å².